The van der Waals surface area contributed by atoms with Crippen LogP contribution < -0.4 is 15.4 Å². The molecule has 0 aliphatic carbocycles. The monoisotopic (exact) mass is 508 g/mol. The van der Waals surface area contributed by atoms with Crippen molar-refractivity contribution in [2.75, 3.05) is 18.5 Å². The fraction of sp³-hybridized carbons (Fsp3) is 0.536. The molecule has 3 nitrogen and oxygen atoms in total. The lowest BCUT2D eigenvalue weighted by Gasteiger charge is -2.30. The maximum Gasteiger partial charge on any atom is 0.418 e. The number of hydrogen-bond donors (Lipinski definition) is 2. The highest BCUT2D eigenvalue weighted by molar-refractivity contribution is 7.80. The highest BCUT2D eigenvalue weighted by Crippen LogP contribution is 2.38. The molecule has 0 bridgehead atoms. The molecule has 0 heterocycles. The van der Waals surface area contributed by atoms with Gasteiger partial charge in [0.15, 0.2) is 5.11 Å². The van der Waals surface area contributed by atoms with E-state index in [0.29, 0.717) is 13.2 Å². The Morgan fingerprint density at radius 2 is 1.54 bits per heavy atom. The number of alkyl halides is 3. The summed E-state index contributed by atoms with van der Waals surface area (Å²) in [6.45, 7) is 14.5. The second-order valence-electron chi connectivity index (χ2n) is 10.2. The molecule has 2 aromatic carbocycles. The molecule has 2 N–H and O–H groups in total. The number of hydrogen-bond acceptors (Lipinski definition) is 2. The molecule has 35 heavy (non-hydrogen) atoms. The first kappa shape index (κ1) is 29.0. The Bertz CT molecular complexity index is 986. The number of anilines is 1. The van der Waals surface area contributed by atoms with Gasteiger partial charge in [-0.05, 0) is 72.5 Å². The first-order valence-corrected chi connectivity index (χ1v) is 12.7. The van der Waals surface area contributed by atoms with E-state index < -0.39 is 11.7 Å². The quantitative estimate of drug-likeness (QED) is 0.237. The van der Waals surface area contributed by atoms with Crippen molar-refractivity contribution in [1.29, 1.82) is 0 Å². The van der Waals surface area contributed by atoms with Crippen LogP contribution in [-0.4, -0.2) is 18.3 Å². The molecule has 2 rings (SSSR count). The van der Waals surface area contributed by atoms with Crippen molar-refractivity contribution in [2.24, 2.45) is 0 Å². The highest BCUT2D eigenvalue weighted by Gasteiger charge is 2.33. The normalized spacial score (nSPS) is 12.4. The smallest absolute Gasteiger partial charge is 0.418 e. The number of benzene rings is 2. The first-order valence-electron chi connectivity index (χ1n) is 12.3. The summed E-state index contributed by atoms with van der Waals surface area (Å²) in [5.74, 6) is 0.918. The van der Waals surface area contributed by atoms with Gasteiger partial charge in [0.05, 0.1) is 17.9 Å². The second-order valence-corrected chi connectivity index (χ2v) is 10.6. The van der Waals surface area contributed by atoms with Crippen LogP contribution in [0.3, 0.4) is 0 Å². The molecule has 0 aromatic heterocycles. The van der Waals surface area contributed by atoms with Crippen molar-refractivity contribution >= 4 is 23.0 Å². The van der Waals surface area contributed by atoms with Gasteiger partial charge in [0.25, 0.3) is 0 Å². The molecule has 0 unspecified atom stereocenters. The second kappa shape index (κ2) is 12.1. The van der Waals surface area contributed by atoms with Crippen molar-refractivity contribution < 1.29 is 17.9 Å². The molecular formula is C28H39F3N2OS. The first-order chi connectivity index (χ1) is 16.3. The number of unbranched alkanes of at least 4 members (excludes halogenated alkanes) is 1. The third-order valence-electron chi connectivity index (χ3n) is 6.85. The average Bonchev–Trinajstić information content (AvgIpc) is 2.80. The Morgan fingerprint density at radius 1 is 0.886 bits per heavy atom. The number of nitrogens with one attached hydrogen (secondary N) is 2. The van der Waals surface area contributed by atoms with E-state index in [-0.39, 0.29) is 21.6 Å². The van der Waals surface area contributed by atoms with Crippen molar-refractivity contribution in [1.82, 2.24) is 5.32 Å². The number of rotatable bonds is 11. The molecule has 0 saturated heterocycles. The van der Waals surface area contributed by atoms with E-state index in [2.05, 4.69) is 70.4 Å². The van der Waals surface area contributed by atoms with Crippen LogP contribution in [0.2, 0.25) is 0 Å². The molecule has 0 atom stereocenters. The summed E-state index contributed by atoms with van der Waals surface area (Å²) in [4.78, 5) is 0. The van der Waals surface area contributed by atoms with E-state index in [4.69, 9.17) is 17.0 Å². The lowest BCUT2D eigenvalue weighted by atomic mass is 9.76. The zero-order valence-corrected chi connectivity index (χ0v) is 22.6. The molecular weight excluding hydrogens is 469 g/mol. The Kier molecular flexibility index (Phi) is 10.0. The van der Waals surface area contributed by atoms with Gasteiger partial charge < -0.3 is 15.4 Å². The predicted molar refractivity (Wildman–Crippen MR) is 143 cm³/mol. The van der Waals surface area contributed by atoms with E-state index in [1.54, 1.807) is 6.07 Å². The van der Waals surface area contributed by atoms with E-state index in [1.807, 2.05) is 0 Å². The van der Waals surface area contributed by atoms with Gasteiger partial charge in [0.2, 0.25) is 0 Å². The molecule has 7 heteroatoms. The van der Waals surface area contributed by atoms with Crippen molar-refractivity contribution in [2.45, 2.75) is 84.2 Å². The fourth-order valence-electron chi connectivity index (χ4n) is 3.62. The molecule has 0 fully saturated rings. The van der Waals surface area contributed by atoms with E-state index in [1.165, 1.54) is 23.3 Å². The Hall–Kier alpha value is -2.28. The maximum atomic E-state index is 13.1. The van der Waals surface area contributed by atoms with E-state index in [0.717, 1.165) is 37.5 Å². The zero-order valence-electron chi connectivity index (χ0n) is 21.7. The van der Waals surface area contributed by atoms with Crippen molar-refractivity contribution in [3.63, 3.8) is 0 Å². The van der Waals surface area contributed by atoms with Gasteiger partial charge >= 0.3 is 6.18 Å². The summed E-state index contributed by atoms with van der Waals surface area (Å²) < 4.78 is 45.6. The van der Waals surface area contributed by atoms with Gasteiger partial charge in [0, 0.05) is 12.1 Å². The third kappa shape index (κ3) is 8.13. The summed E-state index contributed by atoms with van der Waals surface area (Å²) in [5.41, 5.74) is 1.86. The van der Waals surface area contributed by atoms with E-state index >= 15 is 0 Å². The van der Waals surface area contributed by atoms with Crippen LogP contribution in [0.4, 0.5) is 18.9 Å². The van der Waals surface area contributed by atoms with Crippen molar-refractivity contribution in [3.05, 3.63) is 59.2 Å². The van der Waals surface area contributed by atoms with Gasteiger partial charge in [-0.15, -0.1) is 0 Å². The summed E-state index contributed by atoms with van der Waals surface area (Å²) in [6.07, 6.45) is -0.804. The van der Waals surface area contributed by atoms with Crippen LogP contribution in [0.1, 0.15) is 83.9 Å². The molecule has 0 amide bonds. The van der Waals surface area contributed by atoms with Gasteiger partial charge in [-0.25, -0.2) is 0 Å². The molecule has 0 spiro atoms. The van der Waals surface area contributed by atoms with Gasteiger partial charge in [-0.3, -0.25) is 0 Å². The Balaban J connectivity index is 1.89. The largest absolute Gasteiger partial charge is 0.493 e. The lowest BCUT2D eigenvalue weighted by molar-refractivity contribution is -0.136. The average molecular weight is 509 g/mol. The van der Waals surface area contributed by atoms with Crippen LogP contribution >= 0.6 is 12.2 Å². The molecule has 0 aliphatic rings. The van der Waals surface area contributed by atoms with Gasteiger partial charge in [0.1, 0.15) is 5.75 Å². The zero-order chi connectivity index (χ0) is 26.3. The minimum Gasteiger partial charge on any atom is -0.493 e. The molecule has 2 aromatic rings. The van der Waals surface area contributed by atoms with E-state index in [9.17, 15) is 13.2 Å². The molecule has 0 saturated carbocycles. The van der Waals surface area contributed by atoms with Crippen molar-refractivity contribution in [3.8, 4) is 5.75 Å². The highest BCUT2D eigenvalue weighted by atomic mass is 32.1. The fourth-order valence-corrected chi connectivity index (χ4v) is 3.83. The van der Waals surface area contributed by atoms with Crippen LogP contribution in [0.15, 0.2) is 42.5 Å². The lowest BCUT2D eigenvalue weighted by Crippen LogP contribution is -2.30. The van der Waals surface area contributed by atoms with Crippen LogP contribution in [0.25, 0.3) is 0 Å². The predicted octanol–water partition coefficient (Wildman–Crippen LogP) is 8.23. The van der Waals surface area contributed by atoms with Crippen LogP contribution in [0.5, 0.6) is 5.75 Å². The maximum absolute atomic E-state index is 13.1. The third-order valence-corrected chi connectivity index (χ3v) is 7.10. The number of ether oxygens (including phenoxy) is 1. The summed E-state index contributed by atoms with van der Waals surface area (Å²) in [6, 6.07) is 11.9. The standard InChI is InChI=1S/C28H39F3N2OS/c1-7-26(3,4)20-15-16-24(22(19-20)27(5,6)8-2)34-18-12-11-17-32-25(35)33-23-14-10-9-13-21(23)28(29,30)31/h9-10,13-16,19H,7-8,11-12,17-18H2,1-6H3,(H2,32,33,35). The van der Waals surface area contributed by atoms with Gasteiger partial charge in [-0.1, -0.05) is 65.8 Å². The topological polar surface area (TPSA) is 33.3 Å². The number of para-hydroxylation sites is 1. The Morgan fingerprint density at radius 3 is 2.17 bits per heavy atom. The van der Waals surface area contributed by atoms with Crippen LogP contribution in [-0.2, 0) is 17.0 Å². The minimum absolute atomic E-state index is 0.00127. The number of halogens is 3. The number of thiocarbonyl (C=S) groups is 1. The summed E-state index contributed by atoms with van der Waals surface area (Å²) in [5, 5.41) is 5.81. The van der Waals surface area contributed by atoms with Gasteiger partial charge in [-0.2, -0.15) is 13.2 Å². The summed E-state index contributed by atoms with van der Waals surface area (Å²) >= 11 is 5.18. The molecule has 194 valence electrons. The van der Waals surface area contributed by atoms with Crippen LogP contribution in [0, 0.1) is 0 Å². The summed E-state index contributed by atoms with van der Waals surface area (Å²) in [7, 11) is 0. The molecule has 0 radical (unpaired) electrons. The SMILES string of the molecule is CCC(C)(C)c1ccc(OCCCCNC(=S)Nc2ccccc2C(F)(F)F)c(C(C)(C)CC)c1. The Labute approximate surface area is 213 Å². The minimum atomic E-state index is -4.44. The molecule has 0 aliphatic heterocycles.